The number of aromatic nitrogens is 1. The molecule has 1 aromatic carbocycles. The molecular formula is C18H18ClNO4S. The van der Waals surface area contributed by atoms with Crippen LogP contribution in [-0.2, 0) is 14.6 Å². The fourth-order valence-corrected chi connectivity index (χ4v) is 3.48. The van der Waals surface area contributed by atoms with E-state index in [1.807, 2.05) is 13.8 Å². The van der Waals surface area contributed by atoms with E-state index >= 15 is 0 Å². The van der Waals surface area contributed by atoms with E-state index in [0.29, 0.717) is 23.3 Å². The minimum Gasteiger partial charge on any atom is -0.441 e. The van der Waals surface area contributed by atoms with Crippen LogP contribution in [0.15, 0.2) is 53.2 Å². The number of nitrogens with zero attached hydrogens (tertiary/aromatic N) is 1. The summed E-state index contributed by atoms with van der Waals surface area (Å²) in [4.78, 5) is 4.41. The van der Waals surface area contributed by atoms with Gasteiger partial charge in [0.15, 0.2) is 9.84 Å². The molecule has 25 heavy (non-hydrogen) atoms. The highest BCUT2D eigenvalue weighted by atomic mass is 35.5. The fourth-order valence-electron chi connectivity index (χ4n) is 2.73. The van der Waals surface area contributed by atoms with Crippen molar-refractivity contribution in [2.24, 2.45) is 0 Å². The molecule has 132 valence electrons. The zero-order valence-electron chi connectivity index (χ0n) is 14.1. The summed E-state index contributed by atoms with van der Waals surface area (Å²) >= 11 is 5.85. The lowest BCUT2D eigenvalue weighted by atomic mass is 9.92. The predicted molar refractivity (Wildman–Crippen MR) is 96.4 cm³/mol. The van der Waals surface area contributed by atoms with Crippen molar-refractivity contribution < 1.29 is 17.9 Å². The summed E-state index contributed by atoms with van der Waals surface area (Å²) in [5.74, 6) is 1.07. The normalized spacial score (nSPS) is 17.0. The zero-order chi connectivity index (χ0) is 18.2. The van der Waals surface area contributed by atoms with Gasteiger partial charge >= 0.3 is 0 Å². The van der Waals surface area contributed by atoms with Crippen LogP contribution in [0.4, 0.5) is 0 Å². The van der Waals surface area contributed by atoms with Crippen LogP contribution in [0.2, 0.25) is 5.02 Å². The number of rotatable bonds is 4. The van der Waals surface area contributed by atoms with Crippen LogP contribution in [0.5, 0.6) is 5.88 Å². The minimum atomic E-state index is -3.24. The van der Waals surface area contributed by atoms with Crippen LogP contribution in [-0.4, -0.2) is 31.9 Å². The number of hydrogen-bond donors (Lipinski definition) is 0. The van der Waals surface area contributed by atoms with E-state index in [1.54, 1.807) is 36.4 Å². The molecule has 2 heterocycles. The Labute approximate surface area is 152 Å². The molecule has 0 amide bonds. The average molecular weight is 380 g/mol. The van der Waals surface area contributed by atoms with E-state index < -0.39 is 15.4 Å². The lowest BCUT2D eigenvalue weighted by Gasteiger charge is -2.22. The van der Waals surface area contributed by atoms with E-state index in [1.165, 1.54) is 12.5 Å². The molecule has 0 aliphatic carbocycles. The highest BCUT2D eigenvalue weighted by Gasteiger charge is 2.36. The number of sulfone groups is 1. The molecule has 0 unspecified atom stereocenters. The first-order valence-electron chi connectivity index (χ1n) is 7.64. The molecule has 1 aliphatic rings. The van der Waals surface area contributed by atoms with E-state index in [9.17, 15) is 8.42 Å². The summed E-state index contributed by atoms with van der Waals surface area (Å²) in [6, 6.07) is 10.1. The van der Waals surface area contributed by atoms with Crippen LogP contribution in [0.3, 0.4) is 0 Å². The van der Waals surface area contributed by atoms with Crippen LogP contribution < -0.4 is 4.74 Å². The first kappa shape index (κ1) is 17.9. The highest BCUT2D eigenvalue weighted by Crippen LogP contribution is 2.39. The molecule has 3 rings (SSSR count). The Morgan fingerprint density at radius 3 is 2.40 bits per heavy atom. The van der Waals surface area contributed by atoms with Gasteiger partial charge < -0.3 is 9.47 Å². The molecule has 1 aliphatic heterocycles. The summed E-state index contributed by atoms with van der Waals surface area (Å²) in [5, 5.41) is 0.529. The third-order valence-electron chi connectivity index (χ3n) is 3.94. The molecule has 5 nitrogen and oxygen atoms in total. The van der Waals surface area contributed by atoms with Gasteiger partial charge in [-0.3, -0.25) is 0 Å². The summed E-state index contributed by atoms with van der Waals surface area (Å²) in [6.07, 6.45) is 2.70. The SMILES string of the molecule is CC1(C)OCC(Oc2ccc(Cl)cn2)=C1c1ccc(S(C)(=O)=O)cc1. The van der Waals surface area contributed by atoms with Gasteiger partial charge in [0.1, 0.15) is 12.4 Å². The average Bonchev–Trinajstić information content (AvgIpc) is 2.83. The number of halogens is 1. The van der Waals surface area contributed by atoms with Crippen molar-refractivity contribution in [3.63, 3.8) is 0 Å². The molecule has 0 N–H and O–H groups in total. The van der Waals surface area contributed by atoms with Crippen molar-refractivity contribution in [3.05, 3.63) is 58.9 Å². The Hall–Kier alpha value is -1.89. The Morgan fingerprint density at radius 2 is 1.84 bits per heavy atom. The Bertz CT molecular complexity index is 917. The standard InChI is InChI=1S/C18H18ClNO4S/c1-18(2)17(12-4-7-14(8-5-12)25(3,21)22)15(11-23-18)24-16-9-6-13(19)10-20-16/h4-10H,11H2,1-3H3. The number of pyridine rings is 1. The molecule has 0 saturated carbocycles. The van der Waals surface area contributed by atoms with Crippen molar-refractivity contribution in [2.45, 2.75) is 24.3 Å². The maximum absolute atomic E-state index is 11.6. The summed E-state index contributed by atoms with van der Waals surface area (Å²) in [7, 11) is -3.24. The maximum atomic E-state index is 11.6. The van der Waals surface area contributed by atoms with Crippen molar-refractivity contribution >= 4 is 27.0 Å². The zero-order valence-corrected chi connectivity index (χ0v) is 15.7. The lowest BCUT2D eigenvalue weighted by molar-refractivity contribution is 0.0542. The summed E-state index contributed by atoms with van der Waals surface area (Å²) in [6.45, 7) is 4.19. The van der Waals surface area contributed by atoms with Gasteiger partial charge in [0, 0.05) is 24.1 Å². The van der Waals surface area contributed by atoms with Gasteiger partial charge in [-0.05, 0) is 37.6 Å². The van der Waals surface area contributed by atoms with Gasteiger partial charge in [-0.15, -0.1) is 0 Å². The predicted octanol–water partition coefficient (Wildman–Crippen LogP) is 3.74. The smallest absolute Gasteiger partial charge is 0.218 e. The molecular weight excluding hydrogens is 362 g/mol. The molecule has 0 spiro atoms. The molecule has 1 aromatic heterocycles. The molecule has 2 aromatic rings. The van der Waals surface area contributed by atoms with Crippen LogP contribution >= 0.6 is 11.6 Å². The number of hydrogen-bond acceptors (Lipinski definition) is 5. The second-order valence-corrected chi connectivity index (χ2v) is 8.76. The van der Waals surface area contributed by atoms with Gasteiger partial charge in [-0.2, -0.15) is 0 Å². The molecule has 0 fully saturated rings. The highest BCUT2D eigenvalue weighted by molar-refractivity contribution is 7.90. The van der Waals surface area contributed by atoms with Crippen LogP contribution in [0.1, 0.15) is 19.4 Å². The third kappa shape index (κ3) is 3.86. The number of ether oxygens (including phenoxy) is 2. The third-order valence-corrected chi connectivity index (χ3v) is 5.30. The first-order chi connectivity index (χ1) is 11.7. The van der Waals surface area contributed by atoms with E-state index in [-0.39, 0.29) is 4.90 Å². The van der Waals surface area contributed by atoms with Crippen molar-refractivity contribution in [3.8, 4) is 5.88 Å². The molecule has 7 heteroatoms. The Morgan fingerprint density at radius 1 is 1.16 bits per heavy atom. The van der Waals surface area contributed by atoms with Gasteiger partial charge in [0.2, 0.25) is 5.88 Å². The van der Waals surface area contributed by atoms with Crippen LogP contribution in [0, 0.1) is 0 Å². The number of benzene rings is 1. The van der Waals surface area contributed by atoms with Crippen molar-refractivity contribution in [1.82, 2.24) is 4.98 Å². The molecule has 0 saturated heterocycles. The quantitative estimate of drug-likeness (QED) is 0.809. The molecule has 0 bridgehead atoms. The van der Waals surface area contributed by atoms with Gasteiger partial charge in [-0.25, -0.2) is 13.4 Å². The second-order valence-electron chi connectivity index (χ2n) is 6.31. The largest absolute Gasteiger partial charge is 0.441 e. The van der Waals surface area contributed by atoms with Crippen molar-refractivity contribution in [2.75, 3.05) is 12.9 Å². The lowest BCUT2D eigenvalue weighted by Crippen LogP contribution is -2.21. The minimum absolute atomic E-state index is 0.274. The Kier molecular flexibility index (Phi) is 4.62. The van der Waals surface area contributed by atoms with E-state index in [2.05, 4.69) is 4.98 Å². The first-order valence-corrected chi connectivity index (χ1v) is 9.91. The Balaban J connectivity index is 2.00. The van der Waals surface area contributed by atoms with Gasteiger partial charge in [0.25, 0.3) is 0 Å². The fraction of sp³-hybridized carbons (Fsp3) is 0.278. The maximum Gasteiger partial charge on any atom is 0.218 e. The van der Waals surface area contributed by atoms with E-state index in [0.717, 1.165) is 11.1 Å². The molecule has 0 atom stereocenters. The van der Waals surface area contributed by atoms with Crippen molar-refractivity contribution in [1.29, 1.82) is 0 Å². The summed E-state index contributed by atoms with van der Waals surface area (Å²) < 4.78 is 35.0. The van der Waals surface area contributed by atoms with Gasteiger partial charge in [0.05, 0.1) is 15.5 Å². The monoisotopic (exact) mass is 379 g/mol. The summed E-state index contributed by atoms with van der Waals surface area (Å²) in [5.41, 5.74) is 1.15. The van der Waals surface area contributed by atoms with Gasteiger partial charge in [-0.1, -0.05) is 23.7 Å². The topological polar surface area (TPSA) is 65.5 Å². The van der Waals surface area contributed by atoms with Crippen LogP contribution in [0.25, 0.3) is 5.57 Å². The second kappa shape index (κ2) is 6.44. The molecule has 0 radical (unpaired) electrons. The van der Waals surface area contributed by atoms with E-state index in [4.69, 9.17) is 21.1 Å².